The summed E-state index contributed by atoms with van der Waals surface area (Å²) >= 11 is 0. The number of carbonyl (C=O) groups excluding carboxylic acids is 2. The van der Waals surface area contributed by atoms with Crippen molar-refractivity contribution in [2.75, 3.05) is 41.0 Å². The zero-order valence-electron chi connectivity index (χ0n) is 24.5. The van der Waals surface area contributed by atoms with Crippen LogP contribution in [0.5, 0.6) is 17.2 Å². The van der Waals surface area contributed by atoms with Gasteiger partial charge in [-0.3, -0.25) is 9.59 Å². The molecule has 0 aromatic heterocycles. The van der Waals surface area contributed by atoms with E-state index in [1.54, 1.807) is 21.3 Å². The number of carbonyl (C=O) groups is 2. The van der Waals surface area contributed by atoms with Gasteiger partial charge in [0.15, 0.2) is 11.5 Å². The van der Waals surface area contributed by atoms with Crippen LogP contribution in [0.1, 0.15) is 65.2 Å². The molecule has 0 saturated carbocycles. The predicted molar refractivity (Wildman–Crippen MR) is 159 cm³/mol. The fraction of sp³-hybridized carbons (Fsp3) is 0.412. The SMILES string of the molecule is CCCN1C(=O)c2ccccc2[C@H](C(=O)N2CCC(Cc3ccccc3)CC2)[C@@H]1c1cc(OC)c(OC)c(OC)c1. The van der Waals surface area contributed by atoms with Crippen LogP contribution in [0.15, 0.2) is 66.7 Å². The third-order valence-corrected chi connectivity index (χ3v) is 8.49. The van der Waals surface area contributed by atoms with Gasteiger partial charge >= 0.3 is 0 Å². The molecule has 3 aromatic rings. The largest absolute Gasteiger partial charge is 0.493 e. The summed E-state index contributed by atoms with van der Waals surface area (Å²) in [6.45, 7) is 3.99. The summed E-state index contributed by atoms with van der Waals surface area (Å²) < 4.78 is 16.9. The highest BCUT2D eigenvalue weighted by molar-refractivity contribution is 6.01. The van der Waals surface area contributed by atoms with E-state index in [0.29, 0.717) is 48.4 Å². The molecule has 216 valence electrons. The van der Waals surface area contributed by atoms with Crippen molar-refractivity contribution in [2.45, 2.75) is 44.6 Å². The van der Waals surface area contributed by atoms with Crippen molar-refractivity contribution in [1.82, 2.24) is 9.80 Å². The minimum absolute atomic E-state index is 0.0583. The average molecular weight is 557 g/mol. The number of amides is 2. The number of ether oxygens (including phenoxy) is 3. The molecule has 7 nitrogen and oxygen atoms in total. The summed E-state index contributed by atoms with van der Waals surface area (Å²) in [6.07, 6.45) is 3.71. The Balaban J connectivity index is 1.52. The van der Waals surface area contributed by atoms with E-state index in [1.165, 1.54) is 5.56 Å². The topological polar surface area (TPSA) is 68.3 Å². The molecule has 2 aliphatic rings. The van der Waals surface area contributed by atoms with Gasteiger partial charge in [0, 0.05) is 25.2 Å². The third kappa shape index (κ3) is 5.63. The molecule has 0 spiro atoms. The normalized spacial score (nSPS) is 19.1. The molecule has 5 rings (SSSR count). The van der Waals surface area contributed by atoms with Crippen LogP contribution in [0, 0.1) is 5.92 Å². The Morgan fingerprint density at radius 2 is 1.51 bits per heavy atom. The van der Waals surface area contributed by atoms with Crippen molar-refractivity contribution in [2.24, 2.45) is 5.92 Å². The lowest BCUT2D eigenvalue weighted by Gasteiger charge is -2.44. The van der Waals surface area contributed by atoms with E-state index in [2.05, 4.69) is 24.3 Å². The van der Waals surface area contributed by atoms with Crippen LogP contribution in [-0.2, 0) is 11.2 Å². The number of hydrogen-bond acceptors (Lipinski definition) is 5. The summed E-state index contributed by atoms with van der Waals surface area (Å²) in [4.78, 5) is 32.3. The Morgan fingerprint density at radius 3 is 2.12 bits per heavy atom. The lowest BCUT2D eigenvalue weighted by Crippen LogP contribution is -2.50. The first-order chi connectivity index (χ1) is 20.0. The van der Waals surface area contributed by atoms with Gasteiger partial charge in [-0.1, -0.05) is 55.5 Å². The van der Waals surface area contributed by atoms with Gasteiger partial charge in [0.2, 0.25) is 11.7 Å². The first kappa shape index (κ1) is 28.5. The number of nitrogens with zero attached hydrogens (tertiary/aromatic N) is 2. The Labute approximate surface area is 243 Å². The van der Waals surface area contributed by atoms with Crippen molar-refractivity contribution in [3.8, 4) is 17.2 Å². The molecule has 2 amide bonds. The smallest absolute Gasteiger partial charge is 0.254 e. The van der Waals surface area contributed by atoms with Gasteiger partial charge in [-0.2, -0.15) is 0 Å². The standard InChI is InChI=1S/C34H40N2O5/c1-5-17-36-31(25-21-28(39-2)32(41-4)29(22-25)40-3)30(26-13-9-10-14-27(26)33(36)37)34(38)35-18-15-24(16-19-35)20-23-11-7-6-8-12-23/h6-14,21-22,24,30-31H,5,15-20H2,1-4H3/t30-,31-/m0/s1. The second kappa shape index (κ2) is 12.7. The maximum absolute atomic E-state index is 14.6. The van der Waals surface area contributed by atoms with Gasteiger partial charge in [-0.25, -0.2) is 0 Å². The number of piperidine rings is 1. The molecule has 0 radical (unpaired) electrons. The highest BCUT2D eigenvalue weighted by atomic mass is 16.5. The van der Waals surface area contributed by atoms with Gasteiger partial charge in [-0.05, 0) is 66.5 Å². The Bertz CT molecular complexity index is 1340. The van der Waals surface area contributed by atoms with Crippen LogP contribution in [0.2, 0.25) is 0 Å². The molecule has 41 heavy (non-hydrogen) atoms. The summed E-state index contributed by atoms with van der Waals surface area (Å²) in [6, 6.07) is 21.4. The highest BCUT2D eigenvalue weighted by Gasteiger charge is 2.46. The van der Waals surface area contributed by atoms with Crippen LogP contribution in [0.25, 0.3) is 0 Å². The summed E-state index contributed by atoms with van der Waals surface area (Å²) in [5.41, 5.74) is 3.50. The fourth-order valence-electron chi connectivity index (χ4n) is 6.49. The van der Waals surface area contributed by atoms with Crippen molar-refractivity contribution in [1.29, 1.82) is 0 Å². The lowest BCUT2D eigenvalue weighted by atomic mass is 9.78. The molecule has 0 bridgehead atoms. The van der Waals surface area contributed by atoms with E-state index >= 15 is 0 Å². The number of methoxy groups -OCH3 is 3. The van der Waals surface area contributed by atoms with Crippen molar-refractivity contribution in [3.63, 3.8) is 0 Å². The molecule has 1 saturated heterocycles. The summed E-state index contributed by atoms with van der Waals surface area (Å²) in [7, 11) is 4.72. The van der Waals surface area contributed by atoms with E-state index in [-0.39, 0.29) is 11.8 Å². The minimum atomic E-state index is -0.552. The van der Waals surface area contributed by atoms with Crippen molar-refractivity contribution in [3.05, 3.63) is 89.0 Å². The molecular weight excluding hydrogens is 516 g/mol. The van der Waals surface area contributed by atoms with Gasteiger partial charge in [-0.15, -0.1) is 0 Å². The number of fused-ring (bicyclic) bond motifs is 1. The second-order valence-corrected chi connectivity index (χ2v) is 10.9. The quantitative estimate of drug-likeness (QED) is 0.329. The molecule has 0 aliphatic carbocycles. The minimum Gasteiger partial charge on any atom is -0.493 e. The van der Waals surface area contributed by atoms with Crippen LogP contribution in [0.3, 0.4) is 0 Å². The van der Waals surface area contributed by atoms with E-state index in [0.717, 1.165) is 36.8 Å². The maximum atomic E-state index is 14.6. The van der Waals surface area contributed by atoms with Crippen molar-refractivity contribution >= 4 is 11.8 Å². The molecule has 3 aromatic carbocycles. The molecule has 7 heteroatoms. The maximum Gasteiger partial charge on any atom is 0.254 e. The Kier molecular flexibility index (Phi) is 8.81. The third-order valence-electron chi connectivity index (χ3n) is 8.49. The molecule has 1 fully saturated rings. The zero-order valence-corrected chi connectivity index (χ0v) is 24.5. The second-order valence-electron chi connectivity index (χ2n) is 10.9. The van der Waals surface area contributed by atoms with Crippen LogP contribution < -0.4 is 14.2 Å². The molecule has 0 N–H and O–H groups in total. The monoisotopic (exact) mass is 556 g/mol. The van der Waals surface area contributed by atoms with E-state index in [9.17, 15) is 9.59 Å². The highest BCUT2D eigenvalue weighted by Crippen LogP contribution is 2.48. The van der Waals surface area contributed by atoms with E-state index in [4.69, 9.17) is 14.2 Å². The van der Waals surface area contributed by atoms with Crippen LogP contribution >= 0.6 is 0 Å². The summed E-state index contributed by atoms with van der Waals surface area (Å²) in [5.74, 6) is 1.46. The molecule has 2 heterocycles. The molecule has 2 atom stereocenters. The number of hydrogen-bond donors (Lipinski definition) is 0. The first-order valence-electron chi connectivity index (χ1n) is 14.5. The molecular formula is C34H40N2O5. The average Bonchev–Trinajstić information content (AvgIpc) is 3.02. The van der Waals surface area contributed by atoms with Crippen LogP contribution in [0.4, 0.5) is 0 Å². The zero-order chi connectivity index (χ0) is 28.9. The van der Waals surface area contributed by atoms with Crippen molar-refractivity contribution < 1.29 is 23.8 Å². The summed E-state index contributed by atoms with van der Waals surface area (Å²) in [5, 5.41) is 0. The van der Waals surface area contributed by atoms with Gasteiger partial charge < -0.3 is 24.0 Å². The van der Waals surface area contributed by atoms with E-state index < -0.39 is 12.0 Å². The molecule has 0 unspecified atom stereocenters. The van der Waals surface area contributed by atoms with Gasteiger partial charge in [0.25, 0.3) is 5.91 Å². The fourth-order valence-corrected chi connectivity index (χ4v) is 6.49. The number of rotatable bonds is 9. The number of likely N-dealkylation sites (tertiary alicyclic amines) is 1. The lowest BCUT2D eigenvalue weighted by molar-refractivity contribution is -0.136. The first-order valence-corrected chi connectivity index (χ1v) is 14.5. The Morgan fingerprint density at radius 1 is 0.878 bits per heavy atom. The van der Waals surface area contributed by atoms with E-state index in [1.807, 2.05) is 59.2 Å². The van der Waals surface area contributed by atoms with Gasteiger partial charge in [0.1, 0.15) is 0 Å². The van der Waals surface area contributed by atoms with Gasteiger partial charge in [0.05, 0.1) is 33.3 Å². The predicted octanol–water partition coefficient (Wildman–Crippen LogP) is 5.88. The Hall–Kier alpha value is -4.00. The number of benzene rings is 3. The van der Waals surface area contributed by atoms with Crippen LogP contribution in [-0.4, -0.2) is 62.6 Å². The molecule has 2 aliphatic heterocycles.